The monoisotopic (exact) mass is 374 g/mol. The van der Waals surface area contributed by atoms with Gasteiger partial charge in [0.05, 0.1) is 13.2 Å². The van der Waals surface area contributed by atoms with E-state index in [0.29, 0.717) is 0 Å². The molecule has 1 fully saturated rings. The summed E-state index contributed by atoms with van der Waals surface area (Å²) in [4.78, 5) is 0. The van der Waals surface area contributed by atoms with E-state index in [2.05, 4.69) is 0 Å². The second kappa shape index (κ2) is 9.41. The first-order chi connectivity index (χ1) is 13.1. The van der Waals surface area contributed by atoms with Crippen molar-refractivity contribution in [3.05, 3.63) is 71.8 Å². The van der Waals surface area contributed by atoms with Gasteiger partial charge in [-0.1, -0.05) is 60.7 Å². The van der Waals surface area contributed by atoms with E-state index in [9.17, 15) is 15.3 Å². The molecule has 146 valence electrons. The predicted molar refractivity (Wildman–Crippen MR) is 98.9 cm³/mol. The Morgan fingerprint density at radius 2 is 1.00 bits per heavy atom. The maximum Gasteiger partial charge on any atom is 0.115 e. The van der Waals surface area contributed by atoms with Crippen molar-refractivity contribution in [3.63, 3.8) is 0 Å². The van der Waals surface area contributed by atoms with E-state index in [1.807, 2.05) is 60.7 Å². The standard InChI is InChI=1S/C21H26O6/c1-25-19-16(22)20(26-12-14-8-4-2-5-9-14)18(24)21(17(19)23)27-13-15-10-6-3-7-11-15/h2-11,16-24H,12-13H2,1H3/t16-,17+,18?,19?,20-,21-/m1/s1. The minimum absolute atomic E-state index is 0.220. The van der Waals surface area contributed by atoms with E-state index in [0.717, 1.165) is 11.1 Å². The van der Waals surface area contributed by atoms with E-state index in [4.69, 9.17) is 14.2 Å². The lowest BCUT2D eigenvalue weighted by Gasteiger charge is -2.44. The molecule has 1 saturated carbocycles. The number of ether oxygens (including phenoxy) is 3. The lowest BCUT2D eigenvalue weighted by atomic mass is 9.84. The first-order valence-corrected chi connectivity index (χ1v) is 9.00. The van der Waals surface area contributed by atoms with Crippen LogP contribution >= 0.6 is 0 Å². The Morgan fingerprint density at radius 1 is 0.630 bits per heavy atom. The summed E-state index contributed by atoms with van der Waals surface area (Å²) in [6.07, 6.45) is -6.37. The SMILES string of the molecule is COC1[C@@H](O)[C@@H](OCc2ccccc2)C(O)[C@H](OCc2ccccc2)[C@H]1O. The Labute approximate surface area is 158 Å². The highest BCUT2D eigenvalue weighted by molar-refractivity contribution is 5.15. The Morgan fingerprint density at radius 3 is 1.37 bits per heavy atom. The van der Waals surface area contributed by atoms with Crippen molar-refractivity contribution in [2.24, 2.45) is 0 Å². The molecule has 3 rings (SSSR count). The smallest absolute Gasteiger partial charge is 0.115 e. The molecular weight excluding hydrogens is 348 g/mol. The summed E-state index contributed by atoms with van der Waals surface area (Å²) < 4.78 is 16.8. The quantitative estimate of drug-likeness (QED) is 0.676. The maximum absolute atomic E-state index is 10.7. The van der Waals surface area contributed by atoms with Gasteiger partial charge < -0.3 is 29.5 Å². The fourth-order valence-corrected chi connectivity index (χ4v) is 3.37. The van der Waals surface area contributed by atoms with E-state index in [1.165, 1.54) is 7.11 Å². The average Bonchev–Trinajstić information content (AvgIpc) is 2.69. The third-order valence-electron chi connectivity index (χ3n) is 4.86. The summed E-state index contributed by atoms with van der Waals surface area (Å²) in [6, 6.07) is 18.9. The summed E-state index contributed by atoms with van der Waals surface area (Å²) in [7, 11) is 1.40. The van der Waals surface area contributed by atoms with Gasteiger partial charge in [-0.15, -0.1) is 0 Å². The van der Waals surface area contributed by atoms with Gasteiger partial charge in [-0.2, -0.15) is 0 Å². The Kier molecular flexibility index (Phi) is 6.95. The van der Waals surface area contributed by atoms with Crippen LogP contribution in [-0.2, 0) is 27.4 Å². The molecule has 2 aromatic rings. The topological polar surface area (TPSA) is 88.4 Å². The van der Waals surface area contributed by atoms with Crippen molar-refractivity contribution in [3.8, 4) is 0 Å². The molecule has 2 unspecified atom stereocenters. The van der Waals surface area contributed by atoms with Crippen molar-refractivity contribution in [2.75, 3.05) is 7.11 Å². The third-order valence-corrected chi connectivity index (χ3v) is 4.86. The van der Waals surface area contributed by atoms with Crippen molar-refractivity contribution in [1.29, 1.82) is 0 Å². The summed E-state index contributed by atoms with van der Waals surface area (Å²) >= 11 is 0. The van der Waals surface area contributed by atoms with Gasteiger partial charge in [-0.3, -0.25) is 0 Å². The summed E-state index contributed by atoms with van der Waals surface area (Å²) in [5.74, 6) is 0. The number of hydrogen-bond donors (Lipinski definition) is 3. The van der Waals surface area contributed by atoms with Gasteiger partial charge in [-0.05, 0) is 11.1 Å². The number of hydrogen-bond acceptors (Lipinski definition) is 6. The molecule has 6 nitrogen and oxygen atoms in total. The molecule has 0 aromatic heterocycles. The van der Waals surface area contributed by atoms with Gasteiger partial charge >= 0.3 is 0 Å². The molecule has 6 atom stereocenters. The lowest BCUT2D eigenvalue weighted by Crippen LogP contribution is -2.65. The van der Waals surface area contributed by atoms with Crippen LogP contribution in [0.1, 0.15) is 11.1 Å². The molecule has 3 N–H and O–H groups in total. The number of benzene rings is 2. The van der Waals surface area contributed by atoms with Crippen LogP contribution in [0.2, 0.25) is 0 Å². The van der Waals surface area contributed by atoms with E-state index in [-0.39, 0.29) is 13.2 Å². The molecular formula is C21H26O6. The number of aliphatic hydroxyl groups excluding tert-OH is 3. The molecule has 2 aromatic carbocycles. The minimum Gasteiger partial charge on any atom is -0.387 e. The fraction of sp³-hybridized carbons (Fsp3) is 0.429. The van der Waals surface area contributed by atoms with E-state index >= 15 is 0 Å². The molecule has 0 bridgehead atoms. The molecule has 0 spiro atoms. The maximum atomic E-state index is 10.7. The zero-order valence-electron chi connectivity index (χ0n) is 15.2. The highest BCUT2D eigenvalue weighted by Crippen LogP contribution is 2.29. The van der Waals surface area contributed by atoms with Gasteiger partial charge in [0, 0.05) is 7.11 Å². The van der Waals surface area contributed by atoms with Gasteiger partial charge in [0.1, 0.15) is 36.6 Å². The Bertz CT molecular complexity index is 622. The second-order valence-electron chi connectivity index (χ2n) is 6.69. The Balaban J connectivity index is 1.70. The number of aliphatic hydroxyl groups is 3. The van der Waals surface area contributed by atoms with Crippen LogP contribution < -0.4 is 0 Å². The molecule has 0 aliphatic heterocycles. The van der Waals surface area contributed by atoms with Crippen LogP contribution in [0.5, 0.6) is 0 Å². The molecule has 27 heavy (non-hydrogen) atoms. The number of methoxy groups -OCH3 is 1. The van der Waals surface area contributed by atoms with E-state index in [1.54, 1.807) is 0 Å². The van der Waals surface area contributed by atoms with Gasteiger partial charge in [-0.25, -0.2) is 0 Å². The van der Waals surface area contributed by atoms with Crippen LogP contribution in [0.15, 0.2) is 60.7 Å². The van der Waals surface area contributed by atoms with Crippen molar-refractivity contribution < 1.29 is 29.5 Å². The van der Waals surface area contributed by atoms with Crippen molar-refractivity contribution in [1.82, 2.24) is 0 Å². The van der Waals surface area contributed by atoms with Crippen LogP contribution in [-0.4, -0.2) is 59.1 Å². The molecule has 1 aliphatic rings. The summed E-state index contributed by atoms with van der Waals surface area (Å²) in [5, 5.41) is 31.8. The van der Waals surface area contributed by atoms with Crippen LogP contribution in [0.25, 0.3) is 0 Å². The first-order valence-electron chi connectivity index (χ1n) is 9.00. The second-order valence-corrected chi connectivity index (χ2v) is 6.69. The van der Waals surface area contributed by atoms with Crippen molar-refractivity contribution in [2.45, 2.75) is 49.8 Å². The largest absolute Gasteiger partial charge is 0.387 e. The van der Waals surface area contributed by atoms with Gasteiger partial charge in [0.15, 0.2) is 0 Å². The molecule has 0 saturated heterocycles. The molecule has 0 amide bonds. The zero-order chi connectivity index (χ0) is 19.2. The van der Waals surface area contributed by atoms with Gasteiger partial charge in [0.25, 0.3) is 0 Å². The highest BCUT2D eigenvalue weighted by Gasteiger charge is 2.51. The molecule has 0 radical (unpaired) electrons. The zero-order valence-corrected chi connectivity index (χ0v) is 15.2. The average molecular weight is 374 g/mol. The fourth-order valence-electron chi connectivity index (χ4n) is 3.37. The highest BCUT2D eigenvalue weighted by atomic mass is 16.6. The van der Waals surface area contributed by atoms with Gasteiger partial charge in [0.2, 0.25) is 0 Å². The molecule has 1 aliphatic carbocycles. The van der Waals surface area contributed by atoms with E-state index < -0.39 is 36.6 Å². The third kappa shape index (κ3) is 4.73. The van der Waals surface area contributed by atoms with Crippen LogP contribution in [0.4, 0.5) is 0 Å². The Hall–Kier alpha value is -1.80. The predicted octanol–water partition coefficient (Wildman–Crippen LogP) is 1.27. The summed E-state index contributed by atoms with van der Waals surface area (Å²) in [6.45, 7) is 0.440. The van der Waals surface area contributed by atoms with Crippen LogP contribution in [0.3, 0.4) is 0 Å². The molecule has 0 heterocycles. The molecule has 6 heteroatoms. The minimum atomic E-state index is -1.20. The van der Waals surface area contributed by atoms with Crippen LogP contribution in [0, 0.1) is 0 Å². The number of rotatable bonds is 7. The normalized spacial score (nSPS) is 31.0. The lowest BCUT2D eigenvalue weighted by molar-refractivity contribution is -0.255. The first kappa shape index (κ1) is 19.9. The van der Waals surface area contributed by atoms with Crippen molar-refractivity contribution >= 4 is 0 Å². The summed E-state index contributed by atoms with van der Waals surface area (Å²) in [5.41, 5.74) is 1.83.